The maximum absolute atomic E-state index is 12.3. The molecule has 1 fully saturated rings. The van der Waals surface area contributed by atoms with Gasteiger partial charge in [-0.05, 0) is 41.5 Å². The summed E-state index contributed by atoms with van der Waals surface area (Å²) in [7, 11) is 0. The van der Waals surface area contributed by atoms with E-state index in [1.165, 1.54) is 0 Å². The van der Waals surface area contributed by atoms with Gasteiger partial charge in [0.25, 0.3) is 0 Å². The first-order valence-corrected chi connectivity index (χ1v) is 12.6. The van der Waals surface area contributed by atoms with Crippen molar-refractivity contribution in [3.63, 3.8) is 0 Å². The van der Waals surface area contributed by atoms with Gasteiger partial charge in [-0.3, -0.25) is 29.0 Å². The van der Waals surface area contributed by atoms with E-state index in [9.17, 15) is 19.2 Å². The van der Waals surface area contributed by atoms with Crippen LogP contribution < -0.4 is 21.3 Å². The molecular weight excluding hydrogens is 468 g/mol. The van der Waals surface area contributed by atoms with E-state index in [1.54, 1.807) is 41.5 Å². The monoisotopic (exact) mass is 514 g/mol. The van der Waals surface area contributed by atoms with Gasteiger partial charge in [0.1, 0.15) is 24.3 Å². The minimum atomic E-state index is -0.588. The summed E-state index contributed by atoms with van der Waals surface area (Å²) < 4.78 is 10.4. The normalized spacial score (nSPS) is 17.3. The minimum Gasteiger partial charge on any atom is -0.459 e. The number of carbonyl (C=O) groups excluding carboxylic acids is 4. The second-order valence-corrected chi connectivity index (χ2v) is 10.8. The highest BCUT2D eigenvalue weighted by molar-refractivity contribution is 5.83. The molecule has 0 saturated carbocycles. The molecule has 1 rings (SSSR count). The molecule has 12 nitrogen and oxygen atoms in total. The van der Waals surface area contributed by atoms with Gasteiger partial charge in [-0.2, -0.15) is 0 Å². The maximum atomic E-state index is 12.3. The van der Waals surface area contributed by atoms with E-state index in [4.69, 9.17) is 9.47 Å². The number of hydrogen-bond donors (Lipinski definition) is 4. The van der Waals surface area contributed by atoms with Crippen molar-refractivity contribution in [3.05, 3.63) is 0 Å². The molecule has 1 saturated heterocycles. The summed E-state index contributed by atoms with van der Waals surface area (Å²) in [6.45, 7) is 16.1. The summed E-state index contributed by atoms with van der Waals surface area (Å²) in [6.07, 6.45) is 0. The predicted molar refractivity (Wildman–Crippen MR) is 136 cm³/mol. The zero-order valence-corrected chi connectivity index (χ0v) is 22.8. The fraction of sp³-hybridized carbons (Fsp3) is 0.833. The Labute approximate surface area is 215 Å². The Hall–Kier alpha value is -2.28. The zero-order chi connectivity index (χ0) is 27.2. The van der Waals surface area contributed by atoms with Crippen LogP contribution in [0.2, 0.25) is 0 Å². The van der Waals surface area contributed by atoms with Gasteiger partial charge in [0.2, 0.25) is 11.8 Å². The number of hydrogen-bond acceptors (Lipinski definition) is 10. The Kier molecular flexibility index (Phi) is 13.9. The Bertz CT molecular complexity index is 647. The standard InChI is InChI=1S/C24H46N6O6/c1-23(2,3)35-21(33)15-27-19(31)17-29-11-7-25-9-13-30(14-10-26-8-12-29)18-20(32)28-16-22(34)36-24(4,5)6/h25-26H,7-18H2,1-6H3,(H,27,31)(H,28,32). The third kappa shape index (κ3) is 17.2. The van der Waals surface area contributed by atoms with Crippen LogP contribution in [0.5, 0.6) is 0 Å². The first-order valence-electron chi connectivity index (χ1n) is 12.6. The second-order valence-electron chi connectivity index (χ2n) is 10.8. The molecule has 0 aliphatic carbocycles. The van der Waals surface area contributed by atoms with Crippen molar-refractivity contribution in [2.75, 3.05) is 78.5 Å². The van der Waals surface area contributed by atoms with Gasteiger partial charge < -0.3 is 30.7 Å². The lowest BCUT2D eigenvalue weighted by Gasteiger charge is -2.26. The van der Waals surface area contributed by atoms with Gasteiger partial charge in [0, 0.05) is 52.4 Å². The Balaban J connectivity index is 2.37. The molecule has 0 aromatic carbocycles. The van der Waals surface area contributed by atoms with Crippen molar-refractivity contribution in [1.29, 1.82) is 0 Å². The molecule has 0 aromatic rings. The minimum absolute atomic E-state index is 0.151. The number of carbonyl (C=O) groups is 4. The van der Waals surface area contributed by atoms with E-state index >= 15 is 0 Å². The van der Waals surface area contributed by atoms with E-state index in [1.807, 2.05) is 9.80 Å². The van der Waals surface area contributed by atoms with Crippen LogP contribution in [-0.2, 0) is 28.7 Å². The summed E-state index contributed by atoms with van der Waals surface area (Å²) in [5.74, 6) is -1.38. The van der Waals surface area contributed by atoms with E-state index in [2.05, 4.69) is 21.3 Å². The lowest BCUT2D eigenvalue weighted by Crippen LogP contribution is -2.48. The largest absolute Gasteiger partial charge is 0.459 e. The summed E-state index contributed by atoms with van der Waals surface area (Å²) in [5, 5.41) is 11.9. The summed E-state index contributed by atoms with van der Waals surface area (Å²) in [5.41, 5.74) is -1.18. The van der Waals surface area contributed by atoms with Crippen molar-refractivity contribution in [1.82, 2.24) is 31.1 Å². The van der Waals surface area contributed by atoms with Gasteiger partial charge in [-0.15, -0.1) is 0 Å². The molecule has 12 heteroatoms. The first kappa shape index (κ1) is 31.7. The van der Waals surface area contributed by atoms with Gasteiger partial charge in [-0.1, -0.05) is 0 Å². The molecule has 208 valence electrons. The van der Waals surface area contributed by atoms with Crippen LogP contribution in [0.4, 0.5) is 0 Å². The van der Waals surface area contributed by atoms with Gasteiger partial charge >= 0.3 is 11.9 Å². The molecule has 0 unspecified atom stereocenters. The van der Waals surface area contributed by atoms with E-state index in [-0.39, 0.29) is 38.0 Å². The number of nitrogens with zero attached hydrogens (tertiary/aromatic N) is 2. The summed E-state index contributed by atoms with van der Waals surface area (Å²) >= 11 is 0. The molecule has 0 atom stereocenters. The molecule has 0 aromatic heterocycles. The van der Waals surface area contributed by atoms with Crippen LogP contribution in [0.3, 0.4) is 0 Å². The zero-order valence-electron chi connectivity index (χ0n) is 22.8. The van der Waals surface area contributed by atoms with Gasteiger partial charge in [0.05, 0.1) is 13.1 Å². The summed E-state index contributed by atoms with van der Waals surface area (Å²) in [6, 6.07) is 0. The van der Waals surface area contributed by atoms with Crippen molar-refractivity contribution in [2.45, 2.75) is 52.7 Å². The van der Waals surface area contributed by atoms with E-state index < -0.39 is 23.1 Å². The average molecular weight is 515 g/mol. The van der Waals surface area contributed by atoms with Crippen LogP contribution in [0.15, 0.2) is 0 Å². The molecule has 0 spiro atoms. The van der Waals surface area contributed by atoms with Crippen LogP contribution in [0.25, 0.3) is 0 Å². The third-order valence-corrected chi connectivity index (χ3v) is 4.85. The van der Waals surface area contributed by atoms with Crippen LogP contribution in [-0.4, -0.2) is 123 Å². The SMILES string of the molecule is CC(C)(C)OC(=O)CNC(=O)CN1CCNCCN(CC(=O)NCC(=O)OC(C)(C)C)CCNCC1. The third-order valence-electron chi connectivity index (χ3n) is 4.85. The first-order chi connectivity index (χ1) is 16.7. The van der Waals surface area contributed by atoms with Gasteiger partial charge in [0.15, 0.2) is 0 Å². The quantitative estimate of drug-likeness (QED) is 0.289. The predicted octanol–water partition coefficient (Wildman–Crippen LogP) is -1.30. The molecule has 0 bridgehead atoms. The Morgan fingerprint density at radius 3 is 1.22 bits per heavy atom. The highest BCUT2D eigenvalue weighted by atomic mass is 16.6. The van der Waals surface area contributed by atoms with E-state index in [0.29, 0.717) is 52.4 Å². The smallest absolute Gasteiger partial charge is 0.325 e. The van der Waals surface area contributed by atoms with Crippen LogP contribution >= 0.6 is 0 Å². The topological polar surface area (TPSA) is 141 Å². The second kappa shape index (κ2) is 15.7. The number of esters is 2. The molecule has 4 N–H and O–H groups in total. The Morgan fingerprint density at radius 1 is 0.639 bits per heavy atom. The number of nitrogens with one attached hydrogen (secondary N) is 4. The molecule has 36 heavy (non-hydrogen) atoms. The maximum Gasteiger partial charge on any atom is 0.325 e. The number of rotatable bonds is 8. The molecule has 0 radical (unpaired) electrons. The van der Waals surface area contributed by atoms with Crippen molar-refractivity contribution < 1.29 is 28.7 Å². The Morgan fingerprint density at radius 2 is 0.944 bits per heavy atom. The fourth-order valence-electron chi connectivity index (χ4n) is 3.35. The van der Waals surface area contributed by atoms with E-state index in [0.717, 1.165) is 0 Å². The molecule has 1 aliphatic heterocycles. The van der Waals surface area contributed by atoms with Crippen LogP contribution in [0.1, 0.15) is 41.5 Å². The molecular formula is C24H46N6O6. The molecule has 1 heterocycles. The molecule has 2 amide bonds. The number of amides is 2. The lowest BCUT2D eigenvalue weighted by atomic mass is 10.2. The lowest BCUT2D eigenvalue weighted by molar-refractivity contribution is -0.155. The van der Waals surface area contributed by atoms with Gasteiger partial charge in [-0.25, -0.2) is 0 Å². The fourth-order valence-corrected chi connectivity index (χ4v) is 3.35. The highest BCUT2D eigenvalue weighted by Crippen LogP contribution is 2.07. The van der Waals surface area contributed by atoms with Crippen molar-refractivity contribution in [3.8, 4) is 0 Å². The van der Waals surface area contributed by atoms with Crippen molar-refractivity contribution >= 4 is 23.8 Å². The average Bonchev–Trinajstić information content (AvgIpc) is 2.71. The highest BCUT2D eigenvalue weighted by Gasteiger charge is 2.19. The molecule has 1 aliphatic rings. The van der Waals surface area contributed by atoms with Crippen LogP contribution in [0, 0.1) is 0 Å². The summed E-state index contributed by atoms with van der Waals surface area (Å²) in [4.78, 5) is 52.2. The number of ether oxygens (including phenoxy) is 2. The van der Waals surface area contributed by atoms with Crippen molar-refractivity contribution in [2.24, 2.45) is 0 Å².